The molecule has 0 saturated heterocycles. The number of benzene rings is 1. The van der Waals surface area contributed by atoms with Gasteiger partial charge in [-0.05, 0) is 41.5 Å². The third-order valence-corrected chi connectivity index (χ3v) is 2.29. The van der Waals surface area contributed by atoms with Gasteiger partial charge in [0.2, 0.25) is 0 Å². The summed E-state index contributed by atoms with van der Waals surface area (Å²) < 4.78 is 13.2. The predicted molar refractivity (Wildman–Crippen MR) is 59.0 cm³/mol. The molecule has 1 aromatic rings. The van der Waals surface area contributed by atoms with Crippen LogP contribution in [0.15, 0.2) is 18.2 Å². The fourth-order valence-corrected chi connectivity index (χ4v) is 1.60. The van der Waals surface area contributed by atoms with Crippen LogP contribution in [0.5, 0.6) is 0 Å². The van der Waals surface area contributed by atoms with Crippen LogP contribution in [0.2, 0.25) is 0 Å². The van der Waals surface area contributed by atoms with Crippen molar-refractivity contribution in [1.29, 1.82) is 0 Å². The molecule has 14 heavy (non-hydrogen) atoms. The maximum absolute atomic E-state index is 13.2. The van der Waals surface area contributed by atoms with Gasteiger partial charge in [-0.3, -0.25) is 0 Å². The number of rotatable bonds is 3. The first-order valence-electron chi connectivity index (χ1n) is 5.28. The van der Waals surface area contributed by atoms with Crippen LogP contribution in [0.25, 0.3) is 0 Å². The molecule has 0 unspecified atom stereocenters. The second-order valence-corrected chi connectivity index (χ2v) is 4.65. The molecule has 1 aromatic carbocycles. The standard InChI is InChI=1S/C13H19F/c1-9(2)5-11-6-12(10(3)4)8-13(14)7-11/h6-10H,5H2,1-4H3. The highest BCUT2D eigenvalue weighted by Crippen LogP contribution is 2.19. The lowest BCUT2D eigenvalue weighted by Crippen LogP contribution is -1.97. The van der Waals surface area contributed by atoms with Crippen LogP contribution in [-0.4, -0.2) is 0 Å². The fourth-order valence-electron chi connectivity index (χ4n) is 1.60. The first-order chi connectivity index (χ1) is 6.49. The number of hydrogen-bond donors (Lipinski definition) is 0. The highest BCUT2D eigenvalue weighted by atomic mass is 19.1. The Labute approximate surface area is 86.2 Å². The minimum Gasteiger partial charge on any atom is -0.207 e. The van der Waals surface area contributed by atoms with Gasteiger partial charge in [0.15, 0.2) is 0 Å². The van der Waals surface area contributed by atoms with Crippen molar-refractivity contribution < 1.29 is 4.39 Å². The minimum absolute atomic E-state index is 0.105. The van der Waals surface area contributed by atoms with E-state index >= 15 is 0 Å². The zero-order chi connectivity index (χ0) is 10.7. The summed E-state index contributed by atoms with van der Waals surface area (Å²) >= 11 is 0. The molecular formula is C13H19F. The van der Waals surface area contributed by atoms with Gasteiger partial charge < -0.3 is 0 Å². The van der Waals surface area contributed by atoms with Crippen molar-refractivity contribution in [1.82, 2.24) is 0 Å². The van der Waals surface area contributed by atoms with Gasteiger partial charge in [-0.15, -0.1) is 0 Å². The molecule has 0 aliphatic rings. The quantitative estimate of drug-likeness (QED) is 0.678. The minimum atomic E-state index is -0.105. The summed E-state index contributed by atoms with van der Waals surface area (Å²) in [5.74, 6) is 0.875. The van der Waals surface area contributed by atoms with Crippen molar-refractivity contribution in [3.05, 3.63) is 35.1 Å². The van der Waals surface area contributed by atoms with E-state index in [2.05, 4.69) is 33.8 Å². The second kappa shape index (κ2) is 4.59. The van der Waals surface area contributed by atoms with Gasteiger partial charge in [-0.2, -0.15) is 0 Å². The van der Waals surface area contributed by atoms with Crippen LogP contribution in [0.1, 0.15) is 44.7 Å². The molecule has 0 amide bonds. The molecule has 0 radical (unpaired) electrons. The lowest BCUT2D eigenvalue weighted by molar-refractivity contribution is 0.608. The average molecular weight is 194 g/mol. The van der Waals surface area contributed by atoms with E-state index in [9.17, 15) is 4.39 Å². The van der Waals surface area contributed by atoms with Crippen molar-refractivity contribution in [3.63, 3.8) is 0 Å². The van der Waals surface area contributed by atoms with Gasteiger partial charge in [-0.25, -0.2) is 4.39 Å². The van der Waals surface area contributed by atoms with E-state index < -0.39 is 0 Å². The van der Waals surface area contributed by atoms with Crippen LogP contribution < -0.4 is 0 Å². The van der Waals surface area contributed by atoms with Crippen molar-refractivity contribution in [3.8, 4) is 0 Å². The summed E-state index contributed by atoms with van der Waals surface area (Å²) in [5.41, 5.74) is 2.21. The summed E-state index contributed by atoms with van der Waals surface area (Å²) in [6.07, 6.45) is 0.956. The monoisotopic (exact) mass is 194 g/mol. The van der Waals surface area contributed by atoms with E-state index in [1.807, 2.05) is 0 Å². The van der Waals surface area contributed by atoms with E-state index in [0.29, 0.717) is 11.8 Å². The second-order valence-electron chi connectivity index (χ2n) is 4.65. The Bertz CT molecular complexity index is 300. The maximum atomic E-state index is 13.2. The van der Waals surface area contributed by atoms with E-state index in [1.54, 1.807) is 12.1 Å². The summed E-state index contributed by atoms with van der Waals surface area (Å²) in [6.45, 7) is 8.49. The van der Waals surface area contributed by atoms with Crippen molar-refractivity contribution in [2.45, 2.75) is 40.0 Å². The summed E-state index contributed by atoms with van der Waals surface area (Å²) in [4.78, 5) is 0. The topological polar surface area (TPSA) is 0 Å². The zero-order valence-corrected chi connectivity index (χ0v) is 9.47. The van der Waals surface area contributed by atoms with E-state index in [-0.39, 0.29) is 5.82 Å². The van der Waals surface area contributed by atoms with E-state index in [4.69, 9.17) is 0 Å². The molecular weight excluding hydrogens is 175 g/mol. The van der Waals surface area contributed by atoms with Gasteiger partial charge in [0.1, 0.15) is 5.82 Å². The van der Waals surface area contributed by atoms with Gasteiger partial charge >= 0.3 is 0 Å². The van der Waals surface area contributed by atoms with Crippen LogP contribution in [0.4, 0.5) is 4.39 Å². The van der Waals surface area contributed by atoms with Crippen molar-refractivity contribution in [2.75, 3.05) is 0 Å². The maximum Gasteiger partial charge on any atom is 0.123 e. The number of hydrogen-bond acceptors (Lipinski definition) is 0. The molecule has 0 aliphatic heterocycles. The average Bonchev–Trinajstić information content (AvgIpc) is 2.01. The first-order valence-corrected chi connectivity index (χ1v) is 5.28. The van der Waals surface area contributed by atoms with E-state index in [0.717, 1.165) is 17.5 Å². The normalized spacial score (nSPS) is 11.4. The largest absolute Gasteiger partial charge is 0.207 e. The summed E-state index contributed by atoms with van der Waals surface area (Å²) in [7, 11) is 0. The van der Waals surface area contributed by atoms with Crippen LogP contribution in [0.3, 0.4) is 0 Å². The van der Waals surface area contributed by atoms with Gasteiger partial charge in [0.05, 0.1) is 0 Å². The molecule has 0 heterocycles. The molecule has 0 atom stereocenters. The molecule has 0 aromatic heterocycles. The van der Waals surface area contributed by atoms with Crippen LogP contribution in [0, 0.1) is 11.7 Å². The van der Waals surface area contributed by atoms with Gasteiger partial charge in [-0.1, -0.05) is 33.8 Å². The van der Waals surface area contributed by atoms with Crippen LogP contribution in [-0.2, 0) is 6.42 Å². The lowest BCUT2D eigenvalue weighted by atomic mass is 9.96. The molecule has 0 spiro atoms. The molecule has 1 rings (SSSR count). The Morgan fingerprint density at radius 2 is 1.71 bits per heavy atom. The predicted octanol–water partition coefficient (Wildman–Crippen LogP) is 4.15. The Kier molecular flexibility index (Phi) is 3.68. The Balaban J connectivity index is 2.95. The third-order valence-electron chi connectivity index (χ3n) is 2.29. The molecule has 0 bridgehead atoms. The Morgan fingerprint density at radius 3 is 2.21 bits per heavy atom. The van der Waals surface area contributed by atoms with Crippen LogP contribution >= 0.6 is 0 Å². The Morgan fingerprint density at radius 1 is 1.07 bits per heavy atom. The fraction of sp³-hybridized carbons (Fsp3) is 0.538. The molecule has 0 fully saturated rings. The highest BCUT2D eigenvalue weighted by Gasteiger charge is 2.05. The Hall–Kier alpha value is -0.850. The summed E-state index contributed by atoms with van der Waals surface area (Å²) in [6, 6.07) is 5.40. The van der Waals surface area contributed by atoms with Crippen molar-refractivity contribution >= 4 is 0 Å². The summed E-state index contributed by atoms with van der Waals surface area (Å²) in [5, 5.41) is 0. The lowest BCUT2D eigenvalue weighted by Gasteiger charge is -2.10. The van der Waals surface area contributed by atoms with Crippen molar-refractivity contribution in [2.24, 2.45) is 5.92 Å². The van der Waals surface area contributed by atoms with E-state index in [1.165, 1.54) is 0 Å². The van der Waals surface area contributed by atoms with Gasteiger partial charge in [0, 0.05) is 0 Å². The molecule has 0 nitrogen and oxygen atoms in total. The molecule has 1 heteroatoms. The van der Waals surface area contributed by atoms with Gasteiger partial charge in [0.25, 0.3) is 0 Å². The third kappa shape index (κ3) is 3.13. The molecule has 0 N–H and O–H groups in total. The first kappa shape index (κ1) is 11.2. The molecule has 0 saturated carbocycles. The smallest absolute Gasteiger partial charge is 0.123 e. The molecule has 78 valence electrons. The zero-order valence-electron chi connectivity index (χ0n) is 9.47. The SMILES string of the molecule is CC(C)Cc1cc(F)cc(C(C)C)c1. The molecule has 0 aliphatic carbocycles. The number of halogens is 1. The highest BCUT2D eigenvalue weighted by molar-refractivity contribution is 5.27.